The molecule has 6 aromatic carbocycles. The first-order valence-corrected chi connectivity index (χ1v) is 20.5. The van der Waals surface area contributed by atoms with E-state index in [0.717, 1.165) is 55.5 Å². The maximum absolute atomic E-state index is 15.0. The van der Waals surface area contributed by atoms with Crippen LogP contribution < -0.4 is 9.47 Å². The molecular formula is C52H32F3N7O2. The number of nitrogens with zero attached hydrogens (tertiary/aromatic N) is 7. The average molecular weight is 844 g/mol. The summed E-state index contributed by atoms with van der Waals surface area (Å²) in [6, 6.07) is 46.4. The van der Waals surface area contributed by atoms with E-state index in [1.165, 1.54) is 0 Å². The fourth-order valence-electron chi connectivity index (χ4n) is 9.15. The van der Waals surface area contributed by atoms with Crippen LogP contribution in [0.3, 0.4) is 0 Å². The van der Waals surface area contributed by atoms with Crippen LogP contribution in [0.15, 0.2) is 176 Å². The van der Waals surface area contributed by atoms with Crippen LogP contribution in [0.2, 0.25) is 0 Å². The summed E-state index contributed by atoms with van der Waals surface area (Å²) < 4.78 is 63.9. The van der Waals surface area contributed by atoms with Gasteiger partial charge in [-0.2, -0.15) is 13.2 Å². The SMILES string of the molecule is Cc1cc(Oc2ccc3c4ccc(Oc5cc(C(F)(F)F)c6c7ccccc7n(-c7ccccn7)c6c5)cc4n(-c4ncccn4)c3c2)cc2c1c1ccccc1n2-c1ccccn1. The molecule has 9 nitrogen and oxygen atoms in total. The van der Waals surface area contributed by atoms with Gasteiger partial charge in [-0.1, -0.05) is 48.5 Å². The molecule has 0 saturated heterocycles. The Morgan fingerprint density at radius 1 is 0.406 bits per heavy atom. The van der Waals surface area contributed by atoms with Crippen molar-refractivity contribution in [1.82, 2.24) is 33.6 Å². The zero-order valence-corrected chi connectivity index (χ0v) is 33.8. The zero-order chi connectivity index (χ0) is 43.1. The average Bonchev–Trinajstić information content (AvgIpc) is 3.94. The number of para-hydroxylation sites is 2. The third-order valence-corrected chi connectivity index (χ3v) is 11.7. The van der Waals surface area contributed by atoms with E-state index < -0.39 is 11.7 Å². The number of fused-ring (bicyclic) bond motifs is 9. The molecule has 0 N–H and O–H groups in total. The third-order valence-electron chi connectivity index (χ3n) is 11.7. The molecule has 0 fully saturated rings. The highest BCUT2D eigenvalue weighted by Gasteiger charge is 2.35. The number of rotatable bonds is 7. The molecule has 0 spiro atoms. The van der Waals surface area contributed by atoms with Crippen LogP contribution in [0.4, 0.5) is 13.2 Å². The third kappa shape index (κ3) is 5.94. The van der Waals surface area contributed by atoms with Crippen LogP contribution >= 0.6 is 0 Å². The number of aromatic nitrogens is 7. The summed E-state index contributed by atoms with van der Waals surface area (Å²) in [5.74, 6) is 3.26. The first kappa shape index (κ1) is 37.3. The second-order valence-electron chi connectivity index (χ2n) is 15.5. The molecule has 0 bridgehead atoms. The fourth-order valence-corrected chi connectivity index (χ4v) is 9.15. The van der Waals surface area contributed by atoms with Gasteiger partial charge in [-0.05, 0) is 91.3 Å². The molecule has 6 aromatic heterocycles. The van der Waals surface area contributed by atoms with Crippen molar-refractivity contribution in [2.75, 3.05) is 0 Å². The molecule has 0 radical (unpaired) electrons. The van der Waals surface area contributed by atoms with Gasteiger partial charge in [-0.25, -0.2) is 19.9 Å². The second-order valence-corrected chi connectivity index (χ2v) is 15.5. The number of alkyl halides is 3. The fraction of sp³-hybridized carbons (Fsp3) is 0.0385. The Balaban J connectivity index is 0.986. The number of aryl methyl sites for hydroxylation is 1. The molecular weight excluding hydrogens is 812 g/mol. The molecule has 0 aliphatic carbocycles. The second kappa shape index (κ2) is 14.3. The number of pyridine rings is 2. The highest BCUT2D eigenvalue weighted by atomic mass is 19.4. The summed E-state index contributed by atoms with van der Waals surface area (Å²) in [6.45, 7) is 2.08. The molecule has 64 heavy (non-hydrogen) atoms. The lowest BCUT2D eigenvalue weighted by atomic mass is 10.1. The van der Waals surface area contributed by atoms with Gasteiger partial charge in [0.25, 0.3) is 0 Å². The zero-order valence-electron chi connectivity index (χ0n) is 33.8. The van der Waals surface area contributed by atoms with E-state index in [9.17, 15) is 0 Å². The number of hydrogen-bond donors (Lipinski definition) is 0. The van der Waals surface area contributed by atoms with Crippen LogP contribution in [-0.4, -0.2) is 33.6 Å². The van der Waals surface area contributed by atoms with Crippen molar-refractivity contribution in [2.24, 2.45) is 0 Å². The van der Waals surface area contributed by atoms with Crippen molar-refractivity contribution in [3.05, 3.63) is 188 Å². The van der Waals surface area contributed by atoms with Gasteiger partial charge >= 0.3 is 6.18 Å². The van der Waals surface area contributed by atoms with Gasteiger partial charge in [0.2, 0.25) is 5.95 Å². The maximum atomic E-state index is 15.0. The predicted molar refractivity (Wildman–Crippen MR) is 243 cm³/mol. The molecule has 0 aliphatic heterocycles. The number of halogens is 3. The Kier molecular flexibility index (Phi) is 8.32. The molecule has 12 rings (SSSR count). The van der Waals surface area contributed by atoms with Gasteiger partial charge in [-0.3, -0.25) is 13.7 Å². The maximum Gasteiger partial charge on any atom is 0.417 e. The van der Waals surface area contributed by atoms with Gasteiger partial charge in [0.15, 0.2) is 0 Å². The minimum absolute atomic E-state index is 0.0165. The first-order valence-electron chi connectivity index (χ1n) is 20.5. The van der Waals surface area contributed by atoms with E-state index in [1.807, 2.05) is 71.3 Å². The van der Waals surface area contributed by atoms with Crippen LogP contribution in [-0.2, 0) is 6.18 Å². The predicted octanol–water partition coefficient (Wildman–Crippen LogP) is 13.5. The Labute approximate surface area is 361 Å². The number of ether oxygens (including phenoxy) is 2. The highest BCUT2D eigenvalue weighted by molar-refractivity contribution is 6.13. The molecule has 0 saturated carbocycles. The molecule has 0 unspecified atom stereocenters. The lowest BCUT2D eigenvalue weighted by Crippen LogP contribution is -2.06. The molecule has 0 atom stereocenters. The minimum atomic E-state index is -4.68. The Morgan fingerprint density at radius 3 is 1.44 bits per heavy atom. The van der Waals surface area contributed by atoms with E-state index in [-0.39, 0.29) is 11.1 Å². The lowest BCUT2D eigenvalue weighted by molar-refractivity contribution is -0.136. The summed E-state index contributed by atoms with van der Waals surface area (Å²) in [7, 11) is 0. The van der Waals surface area contributed by atoms with Crippen LogP contribution in [0.5, 0.6) is 23.0 Å². The Hall–Kier alpha value is -8.51. The van der Waals surface area contributed by atoms with Gasteiger partial charge in [-0.15, -0.1) is 0 Å². The smallest absolute Gasteiger partial charge is 0.417 e. The van der Waals surface area contributed by atoms with Crippen molar-refractivity contribution in [1.29, 1.82) is 0 Å². The summed E-state index contributed by atoms with van der Waals surface area (Å²) in [4.78, 5) is 18.4. The molecule has 12 heteroatoms. The summed E-state index contributed by atoms with van der Waals surface area (Å²) in [6.07, 6.45) is 2.04. The van der Waals surface area contributed by atoms with Crippen molar-refractivity contribution < 1.29 is 22.6 Å². The van der Waals surface area contributed by atoms with E-state index >= 15 is 13.2 Å². The van der Waals surface area contributed by atoms with Crippen molar-refractivity contribution in [3.63, 3.8) is 0 Å². The van der Waals surface area contributed by atoms with Crippen molar-refractivity contribution in [3.8, 4) is 40.6 Å². The molecule has 0 aliphatic rings. The van der Waals surface area contributed by atoms with Gasteiger partial charge in [0.1, 0.15) is 34.6 Å². The molecule has 6 heterocycles. The Morgan fingerprint density at radius 2 is 0.891 bits per heavy atom. The van der Waals surface area contributed by atoms with Crippen molar-refractivity contribution >= 4 is 65.4 Å². The van der Waals surface area contributed by atoms with Gasteiger partial charge < -0.3 is 9.47 Å². The quantitative estimate of drug-likeness (QED) is 0.159. The molecule has 12 aromatic rings. The molecule has 0 amide bonds. The first-order chi connectivity index (χ1) is 31.3. The van der Waals surface area contributed by atoms with Crippen LogP contribution in [0.25, 0.3) is 83.0 Å². The largest absolute Gasteiger partial charge is 0.457 e. The van der Waals surface area contributed by atoms with E-state index in [1.54, 1.807) is 96.1 Å². The summed E-state index contributed by atoms with van der Waals surface area (Å²) in [5, 5.41) is 4.53. The van der Waals surface area contributed by atoms with E-state index in [0.29, 0.717) is 51.0 Å². The Bertz CT molecular complexity index is 3790. The highest BCUT2D eigenvalue weighted by Crippen LogP contribution is 2.45. The monoisotopic (exact) mass is 843 g/mol. The van der Waals surface area contributed by atoms with Gasteiger partial charge in [0.05, 0.1) is 38.7 Å². The van der Waals surface area contributed by atoms with Crippen molar-refractivity contribution in [2.45, 2.75) is 13.1 Å². The van der Waals surface area contributed by atoms with E-state index in [2.05, 4.69) is 43.6 Å². The lowest BCUT2D eigenvalue weighted by Gasteiger charge is -2.14. The minimum Gasteiger partial charge on any atom is -0.457 e. The molecule has 308 valence electrons. The van der Waals surface area contributed by atoms with Crippen LogP contribution in [0, 0.1) is 6.92 Å². The summed E-state index contributed by atoms with van der Waals surface area (Å²) in [5.41, 5.74) is 4.62. The topological polar surface area (TPSA) is 84.8 Å². The summed E-state index contributed by atoms with van der Waals surface area (Å²) >= 11 is 0. The standard InChI is InChI=1S/C52H32F3N7O2/c1-31-25-34(29-45-49(31)38-11-2-4-13-41(38)60(45)47-15-6-8-21-56-47)63-32-17-19-36-37-20-18-33(28-44(37)62(43(36)27-32)51-58-23-10-24-59-51)64-35-26-40(52(53,54)55)50-39-12-3-5-14-42(39)61(46(50)30-35)48-16-7-9-22-57-48/h2-30H,1H3. The van der Waals surface area contributed by atoms with Gasteiger partial charge in [0, 0.05) is 81.4 Å². The van der Waals surface area contributed by atoms with Crippen LogP contribution in [0.1, 0.15) is 11.1 Å². The number of hydrogen-bond acceptors (Lipinski definition) is 6. The number of benzene rings is 6. The van der Waals surface area contributed by atoms with E-state index in [4.69, 9.17) is 9.47 Å². The normalized spacial score (nSPS) is 12.1.